The summed E-state index contributed by atoms with van der Waals surface area (Å²) >= 11 is 0. The Morgan fingerprint density at radius 2 is 1.07 bits per heavy atom. The highest BCUT2D eigenvalue weighted by molar-refractivity contribution is 7.74. The van der Waals surface area contributed by atoms with Gasteiger partial charge in [0.25, 0.3) is 17.1 Å². The lowest BCUT2D eigenvalue weighted by atomic mass is 9.34. The Bertz CT molecular complexity index is 1390. The maximum atomic E-state index is 11.5. The first-order valence-electron chi connectivity index (χ1n) is 13.7. The van der Waals surface area contributed by atoms with Crippen LogP contribution >= 0.6 is 7.26 Å². The number of hydrogen-bond donors (Lipinski definition) is 0. The van der Waals surface area contributed by atoms with Crippen LogP contribution < -0.4 is 10.9 Å². The number of nitro groups is 3. The van der Waals surface area contributed by atoms with Gasteiger partial charge in [-0.2, -0.15) is 0 Å². The molecule has 0 radical (unpaired) electrons. The maximum Gasteiger partial charge on any atom is 0.269 e. The minimum Gasteiger partial charge on any atom is -0.258 e. The molecule has 0 bridgehead atoms. The summed E-state index contributed by atoms with van der Waals surface area (Å²) in [7, 11) is -1.35. The first kappa shape index (κ1) is 30.1. The van der Waals surface area contributed by atoms with Crippen LogP contribution in [0.4, 0.5) is 17.1 Å². The van der Waals surface area contributed by atoms with E-state index in [0.29, 0.717) is 5.92 Å². The van der Waals surface area contributed by atoms with Gasteiger partial charge in [-0.05, 0) is 42.0 Å². The number of benzene rings is 3. The van der Waals surface area contributed by atoms with Gasteiger partial charge in [-0.15, -0.1) is 0 Å². The summed E-state index contributed by atoms with van der Waals surface area (Å²) in [5.41, 5.74) is 4.79. The molecule has 0 unspecified atom stereocenters. The highest BCUT2D eigenvalue weighted by Crippen LogP contribution is 2.52. The highest BCUT2D eigenvalue weighted by Gasteiger charge is 2.35. The van der Waals surface area contributed by atoms with E-state index in [1.165, 1.54) is 48.4 Å². The average molecular weight is 574 g/mol. The topological polar surface area (TPSA) is 129 Å². The second-order valence-electron chi connectivity index (χ2n) is 11.7. The molecule has 1 aliphatic carbocycles. The molecule has 3 aromatic carbocycles. The maximum absolute atomic E-state index is 11.5. The Labute approximate surface area is 240 Å². The fraction of sp³-hybridized carbons (Fsp3) is 0.333. The van der Waals surface area contributed by atoms with E-state index in [9.17, 15) is 30.3 Å². The molecule has 0 spiro atoms. The van der Waals surface area contributed by atoms with Crippen molar-refractivity contribution in [3.05, 3.63) is 114 Å². The van der Waals surface area contributed by atoms with E-state index in [-0.39, 0.29) is 23.8 Å². The van der Waals surface area contributed by atoms with Crippen LogP contribution in [0, 0.1) is 36.3 Å². The lowest BCUT2D eigenvalue weighted by Crippen LogP contribution is -2.44. The fourth-order valence-electron chi connectivity index (χ4n) is 5.80. The summed E-state index contributed by atoms with van der Waals surface area (Å²) in [6.07, 6.45) is 6.46. The minimum atomic E-state index is -1.35. The molecule has 0 heterocycles. The summed E-state index contributed by atoms with van der Waals surface area (Å²) in [4.78, 5) is 33.1. The predicted molar refractivity (Wildman–Crippen MR) is 167 cm³/mol. The highest BCUT2D eigenvalue weighted by atomic mass is 31.2. The van der Waals surface area contributed by atoms with Gasteiger partial charge in [-0.1, -0.05) is 59.9 Å². The molecule has 41 heavy (non-hydrogen) atoms. The number of allylic oxidation sites excluding steroid dienone is 1. The summed E-state index contributed by atoms with van der Waals surface area (Å²) < 4.78 is 0. The van der Waals surface area contributed by atoms with Crippen molar-refractivity contribution in [1.82, 2.24) is 0 Å². The molecule has 3 aromatic rings. The Balaban J connectivity index is 2.05. The molecule has 1 aliphatic rings. The summed E-state index contributed by atoms with van der Waals surface area (Å²) in [6.45, 7) is 6.52. The Kier molecular flexibility index (Phi) is 9.33. The van der Waals surface area contributed by atoms with Gasteiger partial charge in [0.2, 0.25) is 6.71 Å². The van der Waals surface area contributed by atoms with Crippen molar-refractivity contribution < 1.29 is 14.8 Å². The van der Waals surface area contributed by atoms with Crippen molar-refractivity contribution in [2.24, 2.45) is 5.92 Å². The zero-order valence-electron chi connectivity index (χ0n) is 23.6. The molecule has 4 rings (SSSR count). The zero-order valence-corrected chi connectivity index (χ0v) is 24.5. The SMILES string of the molecule is C[P+](C)(C)C/C(=C(\B(c1ccc([N+](=O)[O-])cc1)c1ccc([N+](=O)[O-])cc1)c1ccc([N+](=O)[O-])cc1)C1CCCCC1. The smallest absolute Gasteiger partial charge is 0.258 e. The van der Waals surface area contributed by atoms with E-state index in [0.717, 1.165) is 53.8 Å². The van der Waals surface area contributed by atoms with Gasteiger partial charge in [0, 0.05) is 63.7 Å². The van der Waals surface area contributed by atoms with Gasteiger partial charge in [-0.3, -0.25) is 30.3 Å². The van der Waals surface area contributed by atoms with Crippen molar-refractivity contribution in [2.75, 3.05) is 26.2 Å². The van der Waals surface area contributed by atoms with E-state index in [1.54, 1.807) is 36.4 Å². The lowest BCUT2D eigenvalue weighted by molar-refractivity contribution is -0.385. The summed E-state index contributed by atoms with van der Waals surface area (Å²) in [5.74, 6) is 0.340. The van der Waals surface area contributed by atoms with Gasteiger partial charge < -0.3 is 0 Å². The molecule has 212 valence electrons. The third kappa shape index (κ3) is 7.44. The van der Waals surface area contributed by atoms with Crippen molar-refractivity contribution in [3.63, 3.8) is 0 Å². The van der Waals surface area contributed by atoms with Gasteiger partial charge in [0.15, 0.2) is 0 Å². The van der Waals surface area contributed by atoms with Gasteiger partial charge in [0.05, 0.1) is 20.9 Å². The van der Waals surface area contributed by atoms with Crippen LogP contribution in [0.3, 0.4) is 0 Å². The van der Waals surface area contributed by atoms with Crippen LogP contribution in [-0.4, -0.2) is 47.6 Å². The van der Waals surface area contributed by atoms with Crippen LogP contribution in [-0.2, 0) is 0 Å². The Hall–Kier alpha value is -3.91. The number of nitrogens with zero attached hydrogens (tertiary/aromatic N) is 3. The van der Waals surface area contributed by atoms with Gasteiger partial charge >= 0.3 is 0 Å². The lowest BCUT2D eigenvalue weighted by Gasteiger charge is -2.32. The fourth-order valence-corrected chi connectivity index (χ4v) is 7.25. The van der Waals surface area contributed by atoms with E-state index in [1.807, 2.05) is 0 Å². The molecule has 0 amide bonds. The van der Waals surface area contributed by atoms with E-state index in [4.69, 9.17) is 0 Å². The second kappa shape index (κ2) is 12.7. The molecule has 1 saturated carbocycles. The largest absolute Gasteiger partial charge is 0.269 e. The minimum absolute atomic E-state index is 0.00198. The molecule has 0 N–H and O–H groups in total. The monoisotopic (exact) mass is 574 g/mol. The van der Waals surface area contributed by atoms with Gasteiger partial charge in [0.1, 0.15) is 0 Å². The predicted octanol–water partition coefficient (Wildman–Crippen LogP) is 6.50. The van der Waals surface area contributed by atoms with E-state index < -0.39 is 22.0 Å². The normalized spacial score (nSPS) is 14.7. The van der Waals surface area contributed by atoms with Crippen LogP contribution in [0.25, 0.3) is 5.47 Å². The molecule has 0 atom stereocenters. The first-order valence-corrected chi connectivity index (χ1v) is 17.0. The summed E-state index contributed by atoms with van der Waals surface area (Å²) in [6, 6.07) is 19.6. The zero-order chi connectivity index (χ0) is 29.7. The molecule has 0 saturated heterocycles. The first-order chi connectivity index (χ1) is 19.4. The van der Waals surface area contributed by atoms with Gasteiger partial charge in [-0.25, -0.2) is 0 Å². The van der Waals surface area contributed by atoms with Crippen LogP contribution in [0.15, 0.2) is 78.4 Å². The molecule has 0 aliphatic heterocycles. The third-order valence-corrected chi connectivity index (χ3v) is 8.93. The van der Waals surface area contributed by atoms with Crippen molar-refractivity contribution >= 4 is 47.4 Å². The molecule has 9 nitrogen and oxygen atoms in total. The molecule has 0 aromatic heterocycles. The van der Waals surface area contributed by atoms with E-state index >= 15 is 0 Å². The Morgan fingerprint density at radius 1 is 0.683 bits per heavy atom. The van der Waals surface area contributed by atoms with Crippen molar-refractivity contribution in [2.45, 2.75) is 32.1 Å². The standard InChI is InChI=1S/C30H34BN3O6P/c1-41(2,3)21-29(22-7-5-4-6-8-22)30(23-9-15-26(16-10-23)32(35)36)31(24-11-17-27(18-12-24)33(37)38)25-13-19-28(20-14-25)34(39)40/h9-20,22H,4-8,21H2,1-3H3/q+1/b30-29+. The number of non-ortho nitro benzene ring substituents is 3. The number of hydrogen-bond acceptors (Lipinski definition) is 6. The third-order valence-electron chi connectivity index (χ3n) is 7.64. The molecule has 11 heteroatoms. The van der Waals surface area contributed by atoms with Crippen LogP contribution in [0.5, 0.6) is 0 Å². The molecular formula is C30H34BN3O6P+. The molecule has 1 fully saturated rings. The summed E-state index contributed by atoms with van der Waals surface area (Å²) in [5, 5.41) is 34.4. The molecular weight excluding hydrogens is 540 g/mol. The number of rotatable bonds is 10. The number of nitro benzene ring substituents is 3. The van der Waals surface area contributed by atoms with Crippen molar-refractivity contribution in [1.29, 1.82) is 0 Å². The van der Waals surface area contributed by atoms with Crippen molar-refractivity contribution in [3.8, 4) is 0 Å². The van der Waals surface area contributed by atoms with Crippen LogP contribution in [0.2, 0.25) is 0 Å². The quantitative estimate of drug-likeness (QED) is 0.118. The van der Waals surface area contributed by atoms with Crippen LogP contribution in [0.1, 0.15) is 37.7 Å². The Morgan fingerprint density at radius 3 is 1.44 bits per heavy atom. The second-order valence-corrected chi connectivity index (χ2v) is 16.6. The average Bonchev–Trinajstić information content (AvgIpc) is 2.95. The van der Waals surface area contributed by atoms with E-state index in [2.05, 4.69) is 20.0 Å².